The van der Waals surface area contributed by atoms with Gasteiger partial charge in [-0.25, -0.2) is 9.97 Å². The first-order chi connectivity index (χ1) is 17.8. The Labute approximate surface area is 231 Å². The van der Waals surface area contributed by atoms with E-state index in [1.807, 2.05) is 18.2 Å². The summed E-state index contributed by atoms with van der Waals surface area (Å²) in [6.45, 7) is 8.75. The van der Waals surface area contributed by atoms with Gasteiger partial charge in [-0.05, 0) is 84.7 Å². The second kappa shape index (κ2) is 9.82. The third kappa shape index (κ3) is 4.17. The van der Waals surface area contributed by atoms with Crippen LogP contribution in [0.15, 0.2) is 48.5 Å². The van der Waals surface area contributed by atoms with Gasteiger partial charge in [0.15, 0.2) is 0 Å². The van der Waals surface area contributed by atoms with Gasteiger partial charge >= 0.3 is 0 Å². The number of ether oxygens (including phenoxy) is 3. The summed E-state index contributed by atoms with van der Waals surface area (Å²) in [6.07, 6.45) is 0. The van der Waals surface area contributed by atoms with Crippen LogP contribution in [-0.2, 0) is 0 Å². The van der Waals surface area contributed by atoms with Crippen LogP contribution in [0.2, 0.25) is 0 Å². The Bertz CT molecular complexity index is 1640. The molecule has 0 amide bonds. The summed E-state index contributed by atoms with van der Waals surface area (Å²) < 4.78 is 18.1. The molecular formula is C31H29IN2O3. The highest BCUT2D eigenvalue weighted by molar-refractivity contribution is 14.1. The van der Waals surface area contributed by atoms with Crippen molar-refractivity contribution in [2.45, 2.75) is 27.7 Å². The van der Waals surface area contributed by atoms with E-state index in [2.05, 4.69) is 80.6 Å². The van der Waals surface area contributed by atoms with E-state index in [4.69, 9.17) is 24.2 Å². The van der Waals surface area contributed by atoms with Crippen LogP contribution >= 0.6 is 22.6 Å². The van der Waals surface area contributed by atoms with Crippen LogP contribution in [0, 0.1) is 31.3 Å². The Morgan fingerprint density at radius 1 is 0.568 bits per heavy atom. The van der Waals surface area contributed by atoms with E-state index >= 15 is 0 Å². The second-order valence-corrected chi connectivity index (χ2v) is 10.3. The normalized spacial score (nSPS) is 11.2. The van der Waals surface area contributed by atoms with Crippen molar-refractivity contribution in [1.82, 2.24) is 9.97 Å². The number of hydrogen-bond acceptors (Lipinski definition) is 5. The molecular weight excluding hydrogens is 575 g/mol. The summed E-state index contributed by atoms with van der Waals surface area (Å²) >= 11 is 2.45. The molecule has 6 heteroatoms. The Balaban J connectivity index is 1.79. The van der Waals surface area contributed by atoms with E-state index in [1.54, 1.807) is 21.3 Å². The number of pyridine rings is 2. The standard InChI is InChI=1S/C31H29IN2O3/c1-16-18(3)29(32)19(4)17(2)27(16)23-12-10-20-8-9-21-11-13-24(34-31(21)30(20)33-23)28-25(36-6)14-22(35-5)15-26(28)37-7/h8-15H,1-7H3. The summed E-state index contributed by atoms with van der Waals surface area (Å²) in [5.74, 6) is 1.92. The van der Waals surface area contributed by atoms with Gasteiger partial charge in [0.25, 0.3) is 0 Å². The summed E-state index contributed by atoms with van der Waals surface area (Å²) in [6, 6.07) is 16.2. The van der Waals surface area contributed by atoms with Crippen molar-refractivity contribution < 1.29 is 14.2 Å². The molecule has 0 unspecified atom stereocenters. The molecule has 2 aromatic heterocycles. The maximum Gasteiger partial charge on any atom is 0.135 e. The zero-order valence-electron chi connectivity index (χ0n) is 22.1. The molecule has 0 radical (unpaired) electrons. The minimum absolute atomic E-state index is 0.632. The van der Waals surface area contributed by atoms with Gasteiger partial charge in [-0.2, -0.15) is 0 Å². The molecule has 0 atom stereocenters. The van der Waals surface area contributed by atoms with Gasteiger partial charge in [-0.1, -0.05) is 24.3 Å². The lowest BCUT2D eigenvalue weighted by Gasteiger charge is -2.18. The molecule has 188 valence electrons. The fraction of sp³-hybridized carbons (Fsp3) is 0.226. The van der Waals surface area contributed by atoms with Crippen LogP contribution in [0.5, 0.6) is 17.2 Å². The first-order valence-electron chi connectivity index (χ1n) is 12.1. The van der Waals surface area contributed by atoms with Crippen molar-refractivity contribution in [3.8, 4) is 39.8 Å². The first-order valence-corrected chi connectivity index (χ1v) is 13.1. The van der Waals surface area contributed by atoms with E-state index < -0.39 is 0 Å². The summed E-state index contributed by atoms with van der Waals surface area (Å²) in [4.78, 5) is 10.3. The Hall–Kier alpha value is -3.39. The molecule has 0 aliphatic heterocycles. The fourth-order valence-electron chi connectivity index (χ4n) is 4.96. The molecule has 5 nitrogen and oxygen atoms in total. The van der Waals surface area contributed by atoms with Crippen molar-refractivity contribution in [1.29, 1.82) is 0 Å². The number of nitrogens with zero attached hydrogens (tertiary/aromatic N) is 2. The third-order valence-electron chi connectivity index (χ3n) is 7.28. The van der Waals surface area contributed by atoms with Crippen LogP contribution in [0.3, 0.4) is 0 Å². The zero-order chi connectivity index (χ0) is 26.4. The monoisotopic (exact) mass is 604 g/mol. The molecule has 37 heavy (non-hydrogen) atoms. The van der Waals surface area contributed by atoms with Crippen LogP contribution in [0.1, 0.15) is 22.3 Å². The topological polar surface area (TPSA) is 53.5 Å². The molecule has 0 fully saturated rings. The summed E-state index contributed by atoms with van der Waals surface area (Å²) in [5, 5.41) is 2.07. The highest BCUT2D eigenvalue weighted by Crippen LogP contribution is 2.42. The van der Waals surface area contributed by atoms with Crippen molar-refractivity contribution >= 4 is 44.4 Å². The SMILES string of the molecule is COc1cc(OC)c(-c2ccc3ccc4ccc(-c5c(C)c(C)c(I)c(C)c5C)nc4c3n2)c(OC)c1. The highest BCUT2D eigenvalue weighted by Gasteiger charge is 2.19. The van der Waals surface area contributed by atoms with Gasteiger partial charge in [0.2, 0.25) is 0 Å². The molecule has 0 bridgehead atoms. The number of methoxy groups -OCH3 is 3. The van der Waals surface area contributed by atoms with Gasteiger partial charge in [0, 0.05) is 32.0 Å². The van der Waals surface area contributed by atoms with Gasteiger partial charge in [-0.15, -0.1) is 0 Å². The maximum atomic E-state index is 5.70. The predicted molar refractivity (Wildman–Crippen MR) is 159 cm³/mol. The molecule has 0 aliphatic carbocycles. The van der Waals surface area contributed by atoms with Gasteiger partial charge in [-0.3, -0.25) is 0 Å². The Morgan fingerprint density at radius 3 is 1.43 bits per heavy atom. The highest BCUT2D eigenvalue weighted by atomic mass is 127. The van der Waals surface area contributed by atoms with Gasteiger partial charge in [0.05, 0.1) is 49.3 Å². The minimum Gasteiger partial charge on any atom is -0.496 e. The molecule has 2 heterocycles. The first kappa shape index (κ1) is 25.3. The largest absolute Gasteiger partial charge is 0.496 e. The summed E-state index contributed by atoms with van der Waals surface area (Å²) in [7, 11) is 4.90. The van der Waals surface area contributed by atoms with Gasteiger partial charge in [0.1, 0.15) is 17.2 Å². The molecule has 5 aromatic rings. The van der Waals surface area contributed by atoms with Crippen LogP contribution in [0.4, 0.5) is 0 Å². The van der Waals surface area contributed by atoms with Gasteiger partial charge < -0.3 is 14.2 Å². The molecule has 0 spiro atoms. The average Bonchev–Trinajstić information content (AvgIpc) is 2.93. The lowest BCUT2D eigenvalue weighted by Crippen LogP contribution is -2.01. The molecule has 0 saturated heterocycles. The lowest BCUT2D eigenvalue weighted by molar-refractivity contribution is 0.377. The van der Waals surface area contributed by atoms with Crippen molar-refractivity contribution in [3.05, 3.63) is 74.4 Å². The van der Waals surface area contributed by atoms with Crippen LogP contribution in [0.25, 0.3) is 44.3 Å². The van der Waals surface area contributed by atoms with Crippen molar-refractivity contribution in [2.75, 3.05) is 21.3 Å². The number of fused-ring (bicyclic) bond motifs is 3. The number of hydrogen-bond donors (Lipinski definition) is 0. The molecule has 3 aromatic carbocycles. The van der Waals surface area contributed by atoms with E-state index in [1.165, 1.54) is 31.4 Å². The van der Waals surface area contributed by atoms with E-state index in [9.17, 15) is 0 Å². The third-order valence-corrected chi connectivity index (χ3v) is 8.90. The predicted octanol–water partition coefficient (Wildman–Crippen LogP) is 7.98. The average molecular weight is 604 g/mol. The number of halogens is 1. The van der Waals surface area contributed by atoms with E-state index in [0.29, 0.717) is 17.2 Å². The second-order valence-electron chi connectivity index (χ2n) is 9.20. The molecule has 0 aliphatic rings. The number of benzene rings is 3. The van der Waals surface area contributed by atoms with Crippen LogP contribution < -0.4 is 14.2 Å². The van der Waals surface area contributed by atoms with E-state index in [-0.39, 0.29) is 0 Å². The minimum atomic E-state index is 0.632. The van der Waals surface area contributed by atoms with Crippen molar-refractivity contribution in [2.24, 2.45) is 0 Å². The fourth-order valence-corrected chi connectivity index (χ4v) is 5.76. The Kier molecular flexibility index (Phi) is 6.70. The number of rotatable bonds is 5. The quantitative estimate of drug-likeness (QED) is 0.150. The van der Waals surface area contributed by atoms with Crippen molar-refractivity contribution in [3.63, 3.8) is 0 Å². The Morgan fingerprint density at radius 2 is 1.00 bits per heavy atom. The van der Waals surface area contributed by atoms with Crippen LogP contribution in [-0.4, -0.2) is 31.3 Å². The smallest absolute Gasteiger partial charge is 0.135 e. The molecule has 0 N–H and O–H groups in total. The molecule has 5 rings (SSSR count). The lowest BCUT2D eigenvalue weighted by atomic mass is 9.92. The number of aromatic nitrogens is 2. The van der Waals surface area contributed by atoms with E-state index in [0.717, 1.165) is 38.8 Å². The zero-order valence-corrected chi connectivity index (χ0v) is 24.3. The summed E-state index contributed by atoms with van der Waals surface area (Å²) in [5.41, 5.74) is 10.5. The molecule has 0 saturated carbocycles. The maximum absolute atomic E-state index is 5.70.